The number of alkyl halides is 3. The molecule has 1 saturated heterocycles. The van der Waals surface area contributed by atoms with Gasteiger partial charge in [-0.1, -0.05) is 29.8 Å². The maximum atomic E-state index is 13.1. The van der Waals surface area contributed by atoms with Gasteiger partial charge in [-0.05, 0) is 12.5 Å². The Kier molecular flexibility index (Phi) is 4.35. The molecule has 21 heavy (non-hydrogen) atoms. The average Bonchev–Trinajstić information content (AvgIpc) is 2.45. The predicted octanol–water partition coefficient (Wildman–Crippen LogP) is 1.56. The number of hydrogen-bond donors (Lipinski definition) is 3. The molecule has 116 valence electrons. The molecule has 3 N–H and O–H groups in total. The topological polar surface area (TPSA) is 65.6 Å². The number of benzene rings is 1. The van der Waals surface area contributed by atoms with Crippen LogP contribution in [0.3, 0.4) is 0 Å². The van der Waals surface area contributed by atoms with Gasteiger partial charge in [0.15, 0.2) is 0 Å². The van der Waals surface area contributed by atoms with E-state index in [0.29, 0.717) is 5.56 Å². The molecule has 0 bridgehead atoms. The minimum absolute atomic E-state index is 0.394. The van der Waals surface area contributed by atoms with Crippen LogP contribution in [0, 0.1) is 6.92 Å². The summed E-state index contributed by atoms with van der Waals surface area (Å²) in [6.45, 7) is 1.83. The molecule has 2 atom stereocenters. The van der Waals surface area contributed by atoms with E-state index in [0.717, 1.165) is 17.8 Å². The van der Waals surface area contributed by atoms with Gasteiger partial charge in [-0.15, -0.1) is 5.53 Å². The summed E-state index contributed by atoms with van der Waals surface area (Å²) in [6.07, 6.45) is -5.36. The molecular formula is C12H15F3N4O2. The molecule has 0 saturated carbocycles. The van der Waals surface area contributed by atoms with Gasteiger partial charge in [0.2, 0.25) is 0 Å². The van der Waals surface area contributed by atoms with E-state index in [4.69, 9.17) is 0 Å². The quantitative estimate of drug-likeness (QED) is 0.735. The second kappa shape index (κ2) is 5.88. The number of aryl methyl sites for hydroxylation is 1. The number of methoxy groups -OCH3 is 1. The molecule has 0 spiro atoms. The largest absolute Gasteiger partial charge is 0.451 e. The lowest BCUT2D eigenvalue weighted by Crippen LogP contribution is -2.71. The summed E-state index contributed by atoms with van der Waals surface area (Å²) in [5, 5.41) is 0.729. The first-order valence-electron chi connectivity index (χ1n) is 6.11. The number of rotatable bonds is 1. The first-order valence-corrected chi connectivity index (χ1v) is 6.11. The van der Waals surface area contributed by atoms with Crippen molar-refractivity contribution in [2.45, 2.75) is 25.2 Å². The summed E-state index contributed by atoms with van der Waals surface area (Å²) >= 11 is 0. The molecule has 1 fully saturated rings. The third-order valence-electron chi connectivity index (χ3n) is 3.08. The van der Waals surface area contributed by atoms with Crippen molar-refractivity contribution >= 4 is 6.09 Å². The van der Waals surface area contributed by atoms with Crippen LogP contribution >= 0.6 is 0 Å². The molecule has 9 heteroatoms. The lowest BCUT2D eigenvalue weighted by molar-refractivity contribution is -0.187. The van der Waals surface area contributed by atoms with Crippen LogP contribution in [0.15, 0.2) is 24.3 Å². The van der Waals surface area contributed by atoms with Crippen LogP contribution in [0.1, 0.15) is 17.2 Å². The highest BCUT2D eigenvalue weighted by Crippen LogP contribution is 2.31. The Morgan fingerprint density at radius 3 is 2.43 bits per heavy atom. The fourth-order valence-corrected chi connectivity index (χ4v) is 1.96. The first-order chi connectivity index (χ1) is 9.82. The van der Waals surface area contributed by atoms with Crippen molar-refractivity contribution in [3.05, 3.63) is 35.4 Å². The van der Waals surface area contributed by atoms with E-state index in [1.54, 1.807) is 24.3 Å². The second-order valence-electron chi connectivity index (χ2n) is 4.60. The van der Waals surface area contributed by atoms with Gasteiger partial charge in [0.1, 0.15) is 6.04 Å². The van der Waals surface area contributed by atoms with Crippen LogP contribution in [0.4, 0.5) is 18.0 Å². The Morgan fingerprint density at radius 2 is 1.90 bits per heavy atom. The summed E-state index contributed by atoms with van der Waals surface area (Å²) in [5.74, 6) is 0. The third kappa shape index (κ3) is 3.43. The first kappa shape index (κ1) is 15.5. The molecule has 1 amide bonds. The number of carbonyl (C=O) groups is 1. The van der Waals surface area contributed by atoms with Crippen LogP contribution in [-0.2, 0) is 4.74 Å². The van der Waals surface area contributed by atoms with Crippen molar-refractivity contribution in [3.63, 3.8) is 0 Å². The highest BCUT2D eigenvalue weighted by atomic mass is 19.4. The van der Waals surface area contributed by atoms with Gasteiger partial charge in [0.25, 0.3) is 0 Å². The summed E-state index contributed by atoms with van der Waals surface area (Å²) < 4.78 is 43.7. The van der Waals surface area contributed by atoms with Crippen molar-refractivity contribution in [1.82, 2.24) is 21.5 Å². The lowest BCUT2D eigenvalue weighted by Gasteiger charge is -2.40. The van der Waals surface area contributed by atoms with E-state index in [1.165, 1.54) is 0 Å². The second-order valence-corrected chi connectivity index (χ2v) is 4.60. The molecule has 1 heterocycles. The standard InChI is InChI=1S/C12H15F3N4O2/c1-7-3-5-8(6-4-7)9-10(12(13,14)15)16-18-19(17-9)11(20)21-2/h3-6,9-10,16-18H,1-2H3. The summed E-state index contributed by atoms with van der Waals surface area (Å²) in [7, 11) is 1.13. The number of nitrogens with zero attached hydrogens (tertiary/aromatic N) is 1. The monoisotopic (exact) mass is 304 g/mol. The normalized spacial score (nSPS) is 23.0. The number of amides is 1. The minimum atomic E-state index is -4.50. The zero-order chi connectivity index (χ0) is 15.6. The molecule has 2 unspecified atom stereocenters. The number of nitrogens with one attached hydrogen (secondary N) is 3. The van der Waals surface area contributed by atoms with E-state index >= 15 is 0 Å². The Labute approximate surface area is 119 Å². The van der Waals surface area contributed by atoms with Crippen LogP contribution in [0.25, 0.3) is 0 Å². The summed E-state index contributed by atoms with van der Waals surface area (Å²) in [6, 6.07) is 3.49. The molecular weight excluding hydrogens is 289 g/mol. The zero-order valence-corrected chi connectivity index (χ0v) is 11.4. The Bertz CT molecular complexity index is 506. The van der Waals surface area contributed by atoms with Crippen molar-refractivity contribution in [2.75, 3.05) is 7.11 Å². The average molecular weight is 304 g/mol. The van der Waals surface area contributed by atoms with Crippen molar-refractivity contribution in [1.29, 1.82) is 0 Å². The van der Waals surface area contributed by atoms with Crippen molar-refractivity contribution < 1.29 is 22.7 Å². The minimum Gasteiger partial charge on any atom is -0.451 e. The van der Waals surface area contributed by atoms with Crippen molar-refractivity contribution in [2.24, 2.45) is 0 Å². The summed E-state index contributed by atoms with van der Waals surface area (Å²) in [5.41, 5.74) is 7.97. The molecule has 1 aromatic carbocycles. The predicted molar refractivity (Wildman–Crippen MR) is 67.4 cm³/mol. The van der Waals surface area contributed by atoms with E-state index < -0.39 is 24.4 Å². The molecule has 1 aliphatic rings. The number of halogens is 3. The molecule has 1 aliphatic heterocycles. The molecule has 6 nitrogen and oxygen atoms in total. The van der Waals surface area contributed by atoms with E-state index in [-0.39, 0.29) is 0 Å². The molecule has 2 rings (SSSR count). The Hall–Kier alpha value is -1.84. The van der Waals surface area contributed by atoms with Gasteiger partial charge in [-0.25, -0.2) is 15.6 Å². The highest BCUT2D eigenvalue weighted by Gasteiger charge is 2.48. The van der Waals surface area contributed by atoms with Gasteiger partial charge in [0.05, 0.1) is 13.2 Å². The van der Waals surface area contributed by atoms with Crippen molar-refractivity contribution in [3.8, 4) is 0 Å². The molecule has 0 aliphatic carbocycles. The fraction of sp³-hybridized carbons (Fsp3) is 0.417. The van der Waals surface area contributed by atoms with Gasteiger partial charge in [-0.3, -0.25) is 0 Å². The van der Waals surface area contributed by atoms with Gasteiger partial charge >= 0.3 is 12.3 Å². The Balaban J connectivity index is 2.28. The smallest absolute Gasteiger partial charge is 0.440 e. The van der Waals surface area contributed by atoms with Gasteiger partial charge in [-0.2, -0.15) is 18.3 Å². The number of hydrogen-bond acceptors (Lipinski definition) is 5. The molecule has 0 aromatic heterocycles. The fourth-order valence-electron chi connectivity index (χ4n) is 1.96. The number of ether oxygens (including phenoxy) is 1. The van der Waals surface area contributed by atoms with E-state index in [1.807, 2.05) is 6.92 Å². The number of hydrazine groups is 3. The zero-order valence-electron chi connectivity index (χ0n) is 11.4. The number of carbonyl (C=O) groups excluding carboxylic acids is 1. The van der Waals surface area contributed by atoms with Crippen LogP contribution in [-0.4, -0.2) is 30.5 Å². The van der Waals surface area contributed by atoms with Gasteiger partial charge < -0.3 is 4.74 Å². The van der Waals surface area contributed by atoms with E-state index in [2.05, 4.69) is 21.1 Å². The van der Waals surface area contributed by atoms with Crippen LogP contribution in [0.5, 0.6) is 0 Å². The van der Waals surface area contributed by atoms with Crippen LogP contribution < -0.4 is 16.4 Å². The molecule has 0 radical (unpaired) electrons. The third-order valence-corrected chi connectivity index (χ3v) is 3.08. The summed E-state index contributed by atoms with van der Waals surface area (Å²) in [4.78, 5) is 11.4. The van der Waals surface area contributed by atoms with E-state index in [9.17, 15) is 18.0 Å². The van der Waals surface area contributed by atoms with Gasteiger partial charge in [0, 0.05) is 0 Å². The Morgan fingerprint density at radius 1 is 1.29 bits per heavy atom. The highest BCUT2D eigenvalue weighted by molar-refractivity contribution is 5.66. The lowest BCUT2D eigenvalue weighted by atomic mass is 9.98. The molecule has 1 aromatic rings. The maximum absolute atomic E-state index is 13.1. The maximum Gasteiger partial charge on any atom is 0.440 e. The van der Waals surface area contributed by atoms with Crippen LogP contribution in [0.2, 0.25) is 0 Å². The SMILES string of the molecule is COC(=O)N1NNC(C(F)(F)F)C(c2ccc(C)cc2)N1.